The molecule has 3 fully saturated rings. The number of likely N-dealkylation sites (tertiary alicyclic amines) is 1. The lowest BCUT2D eigenvalue weighted by atomic mass is 9.78. The van der Waals surface area contributed by atoms with E-state index in [9.17, 15) is 18.7 Å². The minimum Gasteiger partial charge on any atom is -0.393 e. The summed E-state index contributed by atoms with van der Waals surface area (Å²) >= 11 is 0. The first-order valence-corrected chi connectivity index (χ1v) is 9.68. The Labute approximate surface area is 152 Å². The fourth-order valence-electron chi connectivity index (χ4n) is 5.01. The summed E-state index contributed by atoms with van der Waals surface area (Å²) in [5.41, 5.74) is -0.219. The number of rotatable bonds is 2. The van der Waals surface area contributed by atoms with Gasteiger partial charge in [-0.1, -0.05) is 0 Å². The largest absolute Gasteiger partial charge is 0.393 e. The van der Waals surface area contributed by atoms with Crippen LogP contribution < -0.4 is 4.90 Å². The van der Waals surface area contributed by atoms with Crippen molar-refractivity contribution < 1.29 is 18.7 Å². The SMILES string of the molecule is O=C1N(C2CCC(O)CC2)CCC12CCCN(c1cc(F)ccc1F)C2. The van der Waals surface area contributed by atoms with E-state index in [1.54, 1.807) is 0 Å². The maximum absolute atomic E-state index is 14.2. The van der Waals surface area contributed by atoms with Crippen molar-refractivity contribution in [1.29, 1.82) is 0 Å². The summed E-state index contributed by atoms with van der Waals surface area (Å²) in [5.74, 6) is -0.728. The third-order valence-electron chi connectivity index (χ3n) is 6.48. The van der Waals surface area contributed by atoms with Gasteiger partial charge in [-0.25, -0.2) is 8.78 Å². The zero-order valence-corrected chi connectivity index (χ0v) is 15.0. The number of aliphatic hydroxyl groups excluding tert-OH is 1. The quantitative estimate of drug-likeness (QED) is 0.877. The number of piperidine rings is 1. The number of carbonyl (C=O) groups excluding carboxylic acids is 1. The summed E-state index contributed by atoms with van der Waals surface area (Å²) in [5, 5.41) is 9.71. The highest BCUT2D eigenvalue weighted by Gasteiger charge is 2.50. The van der Waals surface area contributed by atoms with Crippen LogP contribution in [0.25, 0.3) is 0 Å². The summed E-state index contributed by atoms with van der Waals surface area (Å²) in [7, 11) is 0. The maximum Gasteiger partial charge on any atom is 0.230 e. The smallest absolute Gasteiger partial charge is 0.230 e. The number of hydrogen-bond acceptors (Lipinski definition) is 3. The molecule has 2 saturated heterocycles. The van der Waals surface area contributed by atoms with Crippen LogP contribution in [-0.2, 0) is 4.79 Å². The van der Waals surface area contributed by atoms with Gasteiger partial charge in [-0.05, 0) is 57.1 Å². The molecule has 2 heterocycles. The normalized spacial score (nSPS) is 32.5. The highest BCUT2D eigenvalue weighted by molar-refractivity contribution is 5.86. The maximum atomic E-state index is 14.2. The van der Waals surface area contributed by atoms with Crippen LogP contribution in [0.15, 0.2) is 18.2 Å². The average Bonchev–Trinajstić information content (AvgIpc) is 2.94. The second-order valence-corrected chi connectivity index (χ2v) is 8.11. The zero-order valence-electron chi connectivity index (χ0n) is 15.0. The van der Waals surface area contributed by atoms with Crippen LogP contribution in [0.3, 0.4) is 0 Å². The van der Waals surface area contributed by atoms with Crippen LogP contribution >= 0.6 is 0 Å². The van der Waals surface area contributed by atoms with Crippen molar-refractivity contribution in [3.63, 3.8) is 0 Å². The van der Waals surface area contributed by atoms with Crippen LogP contribution in [0.2, 0.25) is 0 Å². The minimum atomic E-state index is -0.479. The van der Waals surface area contributed by atoms with Gasteiger partial charge in [0.1, 0.15) is 11.6 Å². The molecule has 1 unspecified atom stereocenters. The number of anilines is 1. The van der Waals surface area contributed by atoms with E-state index in [2.05, 4.69) is 0 Å². The fourth-order valence-corrected chi connectivity index (χ4v) is 5.01. The van der Waals surface area contributed by atoms with Gasteiger partial charge in [0.05, 0.1) is 17.2 Å². The molecule has 1 spiro atoms. The molecule has 1 aromatic carbocycles. The molecule has 1 N–H and O–H groups in total. The molecule has 3 aliphatic rings. The van der Waals surface area contributed by atoms with Gasteiger partial charge in [-0.15, -0.1) is 0 Å². The summed E-state index contributed by atoms with van der Waals surface area (Å²) in [6.07, 6.45) is 5.36. The summed E-state index contributed by atoms with van der Waals surface area (Å²) in [6, 6.07) is 3.72. The Morgan fingerprint density at radius 3 is 2.62 bits per heavy atom. The first-order chi connectivity index (χ1) is 12.5. The lowest BCUT2D eigenvalue weighted by molar-refractivity contribution is -0.139. The molecule has 142 valence electrons. The fraction of sp³-hybridized carbons (Fsp3) is 0.650. The van der Waals surface area contributed by atoms with Crippen molar-refractivity contribution in [3.05, 3.63) is 29.8 Å². The lowest BCUT2D eigenvalue weighted by Crippen LogP contribution is -2.50. The Bertz CT molecular complexity index is 690. The molecule has 1 atom stereocenters. The van der Waals surface area contributed by atoms with Gasteiger partial charge in [-0.3, -0.25) is 4.79 Å². The van der Waals surface area contributed by atoms with Crippen molar-refractivity contribution in [3.8, 4) is 0 Å². The molecule has 4 rings (SSSR count). The van der Waals surface area contributed by atoms with E-state index >= 15 is 0 Å². The van der Waals surface area contributed by atoms with Gasteiger partial charge in [0, 0.05) is 31.7 Å². The van der Waals surface area contributed by atoms with Crippen molar-refractivity contribution in [2.24, 2.45) is 5.41 Å². The number of carbonyl (C=O) groups is 1. The molecule has 1 aromatic rings. The third kappa shape index (κ3) is 3.08. The Morgan fingerprint density at radius 2 is 1.85 bits per heavy atom. The van der Waals surface area contributed by atoms with Crippen molar-refractivity contribution >= 4 is 11.6 Å². The molecule has 1 saturated carbocycles. The van der Waals surface area contributed by atoms with E-state index in [-0.39, 0.29) is 23.7 Å². The van der Waals surface area contributed by atoms with E-state index in [4.69, 9.17) is 0 Å². The molecule has 4 nitrogen and oxygen atoms in total. The first-order valence-electron chi connectivity index (χ1n) is 9.68. The van der Waals surface area contributed by atoms with Crippen LogP contribution in [0.1, 0.15) is 44.9 Å². The van der Waals surface area contributed by atoms with E-state index < -0.39 is 17.0 Å². The Kier molecular flexibility index (Phi) is 4.63. The number of aliphatic hydroxyl groups is 1. The third-order valence-corrected chi connectivity index (χ3v) is 6.48. The van der Waals surface area contributed by atoms with E-state index in [0.717, 1.165) is 63.6 Å². The highest BCUT2D eigenvalue weighted by Crippen LogP contribution is 2.43. The predicted octanol–water partition coefficient (Wildman–Crippen LogP) is 3.09. The Morgan fingerprint density at radius 1 is 1.08 bits per heavy atom. The van der Waals surface area contributed by atoms with Crippen molar-refractivity contribution in [1.82, 2.24) is 4.90 Å². The molecule has 6 heteroatoms. The molecule has 0 bridgehead atoms. The van der Waals surface area contributed by atoms with E-state index in [1.807, 2.05) is 9.80 Å². The molecule has 1 aliphatic carbocycles. The molecule has 1 amide bonds. The zero-order chi connectivity index (χ0) is 18.3. The molecular formula is C20H26F2N2O2. The number of hydrogen-bond donors (Lipinski definition) is 1. The predicted molar refractivity (Wildman–Crippen MR) is 94.8 cm³/mol. The lowest BCUT2D eigenvalue weighted by Gasteiger charge is -2.41. The monoisotopic (exact) mass is 364 g/mol. The second kappa shape index (κ2) is 6.80. The summed E-state index contributed by atoms with van der Waals surface area (Å²) in [4.78, 5) is 17.1. The standard InChI is InChI=1S/C20H26F2N2O2/c21-14-2-7-17(22)18(12-14)23-10-1-8-20(13-23)9-11-24(19(20)26)15-3-5-16(25)6-4-15/h2,7,12,15-16,25H,1,3-6,8-11,13H2. The van der Waals surface area contributed by atoms with E-state index in [0.29, 0.717) is 13.1 Å². The molecule has 0 radical (unpaired) electrons. The van der Waals surface area contributed by atoms with Crippen LogP contribution in [-0.4, -0.2) is 47.7 Å². The summed E-state index contributed by atoms with van der Waals surface area (Å²) in [6.45, 7) is 1.84. The number of amides is 1. The molecule has 0 aromatic heterocycles. The highest BCUT2D eigenvalue weighted by atomic mass is 19.1. The van der Waals surface area contributed by atoms with Gasteiger partial charge in [0.15, 0.2) is 0 Å². The first kappa shape index (κ1) is 17.7. The molecule has 26 heavy (non-hydrogen) atoms. The molecular weight excluding hydrogens is 338 g/mol. The van der Waals surface area contributed by atoms with Crippen molar-refractivity contribution in [2.45, 2.75) is 57.1 Å². The van der Waals surface area contributed by atoms with Gasteiger partial charge in [0.25, 0.3) is 0 Å². The van der Waals surface area contributed by atoms with Crippen LogP contribution in [0.4, 0.5) is 14.5 Å². The Balaban J connectivity index is 1.51. The topological polar surface area (TPSA) is 43.8 Å². The van der Waals surface area contributed by atoms with Gasteiger partial charge < -0.3 is 14.9 Å². The minimum absolute atomic E-state index is 0.167. The molecule has 2 aliphatic heterocycles. The van der Waals surface area contributed by atoms with Crippen molar-refractivity contribution in [2.75, 3.05) is 24.5 Å². The number of benzene rings is 1. The van der Waals surface area contributed by atoms with Crippen LogP contribution in [0.5, 0.6) is 0 Å². The van der Waals surface area contributed by atoms with Crippen LogP contribution in [0, 0.1) is 17.0 Å². The van der Waals surface area contributed by atoms with Gasteiger partial charge in [-0.2, -0.15) is 0 Å². The number of nitrogens with zero attached hydrogens (tertiary/aromatic N) is 2. The van der Waals surface area contributed by atoms with Gasteiger partial charge >= 0.3 is 0 Å². The average molecular weight is 364 g/mol. The second-order valence-electron chi connectivity index (χ2n) is 8.11. The summed E-state index contributed by atoms with van der Waals surface area (Å²) < 4.78 is 27.8. The van der Waals surface area contributed by atoms with Gasteiger partial charge in [0.2, 0.25) is 5.91 Å². The number of halogens is 2. The van der Waals surface area contributed by atoms with E-state index in [1.165, 1.54) is 6.07 Å². The Hall–Kier alpha value is -1.69.